The number of amides is 1. The number of nitrogens with zero attached hydrogens (tertiary/aromatic N) is 1. The van der Waals surface area contributed by atoms with E-state index in [-0.39, 0.29) is 29.7 Å². The number of esters is 1. The number of nitrogens with one attached hydrogen (secondary N) is 1. The fraction of sp³-hybridized carbons (Fsp3) is 0.357. The highest BCUT2D eigenvalue weighted by molar-refractivity contribution is 7.16. The molecule has 4 rings (SSSR count). The standard InChI is InChI=1S/C28H31FN2O3S/c1-4-34-28(33)22-14-16-31(17-15-22)25(20-10-12-23(29)13-11-20)24-18(2)19(3)35-27(24)30-26(32)21-8-6-5-7-9-21/h5-13,22,25H,4,14-17H2,1-3H3,(H,30,32)/t25-/m0/s1. The molecular weight excluding hydrogens is 463 g/mol. The fourth-order valence-corrected chi connectivity index (χ4v) is 5.78. The van der Waals surface area contributed by atoms with Crippen LogP contribution in [-0.2, 0) is 9.53 Å². The van der Waals surface area contributed by atoms with Gasteiger partial charge in [-0.05, 0) is 82.1 Å². The molecule has 1 N–H and O–H groups in total. The molecule has 1 atom stereocenters. The molecule has 1 aliphatic rings. The van der Waals surface area contributed by atoms with Crippen LogP contribution in [0, 0.1) is 25.6 Å². The van der Waals surface area contributed by atoms with Crippen molar-refractivity contribution in [1.29, 1.82) is 0 Å². The van der Waals surface area contributed by atoms with Crippen LogP contribution < -0.4 is 5.32 Å². The van der Waals surface area contributed by atoms with Gasteiger partial charge in [-0.15, -0.1) is 11.3 Å². The summed E-state index contributed by atoms with van der Waals surface area (Å²) in [5.41, 5.74) is 3.69. The predicted octanol–water partition coefficient (Wildman–Crippen LogP) is 6.12. The van der Waals surface area contributed by atoms with Crippen LogP contribution in [0.4, 0.5) is 9.39 Å². The van der Waals surface area contributed by atoms with E-state index in [4.69, 9.17) is 4.74 Å². The van der Waals surface area contributed by atoms with Crippen LogP contribution in [0.3, 0.4) is 0 Å². The predicted molar refractivity (Wildman–Crippen MR) is 137 cm³/mol. The second-order valence-corrected chi connectivity index (χ2v) is 10.1. The van der Waals surface area contributed by atoms with Gasteiger partial charge in [-0.1, -0.05) is 30.3 Å². The number of ether oxygens (including phenoxy) is 1. The summed E-state index contributed by atoms with van der Waals surface area (Å²) in [5.74, 6) is -0.692. The minimum absolute atomic E-state index is 0.109. The molecule has 0 aliphatic carbocycles. The van der Waals surface area contributed by atoms with E-state index in [1.807, 2.05) is 37.3 Å². The number of rotatable bonds is 7. The van der Waals surface area contributed by atoms with Gasteiger partial charge in [-0.3, -0.25) is 14.5 Å². The molecule has 7 heteroatoms. The summed E-state index contributed by atoms with van der Waals surface area (Å²) in [6, 6.07) is 15.6. The SMILES string of the molecule is CCOC(=O)C1CCN([C@@H](c2ccc(F)cc2)c2c(NC(=O)c3ccccc3)sc(C)c2C)CC1. The Hall–Kier alpha value is -3.03. The number of benzene rings is 2. The lowest BCUT2D eigenvalue weighted by Crippen LogP contribution is -2.40. The molecule has 0 radical (unpaired) electrons. The number of carbonyl (C=O) groups is 2. The van der Waals surface area contributed by atoms with Crippen molar-refractivity contribution < 1.29 is 18.7 Å². The van der Waals surface area contributed by atoms with E-state index in [0.717, 1.165) is 26.6 Å². The molecule has 184 valence electrons. The molecule has 1 aliphatic heterocycles. The summed E-state index contributed by atoms with van der Waals surface area (Å²) in [5, 5.41) is 3.94. The van der Waals surface area contributed by atoms with Crippen LogP contribution in [0.25, 0.3) is 0 Å². The molecule has 0 bridgehead atoms. The molecule has 0 saturated carbocycles. The molecule has 1 amide bonds. The lowest BCUT2D eigenvalue weighted by Gasteiger charge is -2.38. The minimum Gasteiger partial charge on any atom is -0.466 e. The Morgan fingerprint density at radius 3 is 2.37 bits per heavy atom. The number of anilines is 1. The highest BCUT2D eigenvalue weighted by atomic mass is 32.1. The van der Waals surface area contributed by atoms with Gasteiger partial charge in [-0.25, -0.2) is 4.39 Å². The van der Waals surface area contributed by atoms with Crippen molar-refractivity contribution in [2.24, 2.45) is 5.92 Å². The molecular formula is C28H31FN2O3S. The first-order chi connectivity index (χ1) is 16.9. The van der Waals surface area contributed by atoms with Gasteiger partial charge in [0, 0.05) is 16.0 Å². The number of aryl methyl sites for hydroxylation is 1. The van der Waals surface area contributed by atoms with E-state index in [0.29, 0.717) is 38.1 Å². The fourth-order valence-electron chi connectivity index (χ4n) is 4.69. The lowest BCUT2D eigenvalue weighted by atomic mass is 9.90. The summed E-state index contributed by atoms with van der Waals surface area (Å²) >= 11 is 1.56. The number of likely N-dealkylation sites (tertiary alicyclic amines) is 1. The summed E-state index contributed by atoms with van der Waals surface area (Å²) in [4.78, 5) is 28.8. The Morgan fingerprint density at radius 1 is 1.09 bits per heavy atom. The largest absolute Gasteiger partial charge is 0.466 e. The van der Waals surface area contributed by atoms with Crippen LogP contribution in [0.15, 0.2) is 54.6 Å². The van der Waals surface area contributed by atoms with Crippen LogP contribution in [0.2, 0.25) is 0 Å². The van der Waals surface area contributed by atoms with Crippen molar-refractivity contribution in [3.8, 4) is 0 Å². The van der Waals surface area contributed by atoms with Crippen molar-refractivity contribution in [2.45, 2.75) is 39.7 Å². The van der Waals surface area contributed by atoms with E-state index in [1.54, 1.807) is 23.5 Å². The highest BCUT2D eigenvalue weighted by Crippen LogP contribution is 2.43. The normalized spacial score (nSPS) is 15.5. The smallest absolute Gasteiger partial charge is 0.309 e. The Balaban J connectivity index is 1.68. The number of piperidine rings is 1. The zero-order valence-corrected chi connectivity index (χ0v) is 21.2. The van der Waals surface area contributed by atoms with Gasteiger partial charge >= 0.3 is 5.97 Å². The summed E-state index contributed by atoms with van der Waals surface area (Å²) in [6.45, 7) is 7.73. The van der Waals surface area contributed by atoms with Gasteiger partial charge in [0.1, 0.15) is 10.8 Å². The Labute approximate surface area is 209 Å². The van der Waals surface area contributed by atoms with Gasteiger partial charge < -0.3 is 10.1 Å². The number of thiophene rings is 1. The van der Waals surface area contributed by atoms with Crippen molar-refractivity contribution >= 4 is 28.2 Å². The van der Waals surface area contributed by atoms with Crippen LogP contribution in [0.1, 0.15) is 57.7 Å². The maximum absolute atomic E-state index is 13.8. The third kappa shape index (κ3) is 5.63. The number of carbonyl (C=O) groups excluding carboxylic acids is 2. The monoisotopic (exact) mass is 494 g/mol. The quantitative estimate of drug-likeness (QED) is 0.402. The second kappa shape index (κ2) is 11.1. The van der Waals surface area contributed by atoms with Gasteiger partial charge in [0.25, 0.3) is 5.91 Å². The maximum Gasteiger partial charge on any atom is 0.309 e. The van der Waals surface area contributed by atoms with Crippen LogP contribution in [0.5, 0.6) is 0 Å². The highest BCUT2D eigenvalue weighted by Gasteiger charge is 2.34. The van der Waals surface area contributed by atoms with Gasteiger partial charge in [0.2, 0.25) is 0 Å². The molecule has 0 spiro atoms. The first-order valence-electron chi connectivity index (χ1n) is 12.0. The van der Waals surface area contributed by atoms with Gasteiger partial charge in [0.05, 0.1) is 18.6 Å². The van der Waals surface area contributed by atoms with E-state index >= 15 is 0 Å². The van der Waals surface area contributed by atoms with E-state index < -0.39 is 0 Å². The van der Waals surface area contributed by atoms with Crippen molar-refractivity contribution in [3.05, 3.63) is 87.5 Å². The number of hydrogen-bond donors (Lipinski definition) is 1. The molecule has 35 heavy (non-hydrogen) atoms. The van der Waals surface area contributed by atoms with Crippen molar-refractivity contribution in [3.63, 3.8) is 0 Å². The molecule has 0 unspecified atom stereocenters. The first-order valence-corrected chi connectivity index (χ1v) is 12.8. The Kier molecular flexibility index (Phi) is 7.98. The second-order valence-electron chi connectivity index (χ2n) is 8.86. The minimum atomic E-state index is -0.288. The Bertz CT molecular complexity index is 1170. The summed E-state index contributed by atoms with van der Waals surface area (Å²) in [7, 11) is 0. The molecule has 1 fully saturated rings. The molecule has 3 aromatic rings. The molecule has 1 aromatic heterocycles. The Morgan fingerprint density at radius 2 is 1.74 bits per heavy atom. The molecule has 1 saturated heterocycles. The third-order valence-electron chi connectivity index (χ3n) is 6.67. The van der Waals surface area contributed by atoms with Gasteiger partial charge in [0.15, 0.2) is 0 Å². The average molecular weight is 495 g/mol. The molecule has 2 aromatic carbocycles. The topological polar surface area (TPSA) is 58.6 Å². The van der Waals surface area contributed by atoms with Crippen LogP contribution >= 0.6 is 11.3 Å². The first kappa shape index (κ1) is 25.1. The molecule has 5 nitrogen and oxygen atoms in total. The summed E-state index contributed by atoms with van der Waals surface area (Å²) in [6.07, 6.45) is 1.40. The average Bonchev–Trinajstić information content (AvgIpc) is 3.14. The third-order valence-corrected chi connectivity index (χ3v) is 7.81. The van der Waals surface area contributed by atoms with E-state index in [9.17, 15) is 14.0 Å². The summed E-state index contributed by atoms with van der Waals surface area (Å²) < 4.78 is 19.1. The van der Waals surface area contributed by atoms with E-state index in [1.165, 1.54) is 12.1 Å². The zero-order valence-electron chi connectivity index (χ0n) is 20.3. The van der Waals surface area contributed by atoms with Crippen LogP contribution in [-0.4, -0.2) is 36.5 Å². The van der Waals surface area contributed by atoms with E-state index in [2.05, 4.69) is 24.1 Å². The van der Waals surface area contributed by atoms with Gasteiger partial charge in [-0.2, -0.15) is 0 Å². The van der Waals surface area contributed by atoms with Crippen molar-refractivity contribution in [1.82, 2.24) is 4.90 Å². The molecule has 2 heterocycles. The lowest BCUT2D eigenvalue weighted by molar-refractivity contribution is -0.149. The number of hydrogen-bond acceptors (Lipinski definition) is 5. The zero-order chi connectivity index (χ0) is 24.9. The van der Waals surface area contributed by atoms with Crippen molar-refractivity contribution in [2.75, 3.05) is 25.0 Å². The number of halogens is 1. The maximum atomic E-state index is 13.8.